The van der Waals surface area contributed by atoms with Gasteiger partial charge in [-0.25, -0.2) is 4.99 Å². The van der Waals surface area contributed by atoms with Gasteiger partial charge in [-0.1, -0.05) is 13.0 Å². The van der Waals surface area contributed by atoms with Gasteiger partial charge in [0.2, 0.25) is 0 Å². The fourth-order valence-electron chi connectivity index (χ4n) is 2.14. The molecule has 0 unspecified atom stereocenters. The summed E-state index contributed by atoms with van der Waals surface area (Å²) in [5.41, 5.74) is 0.196. The molecule has 0 bridgehead atoms. The molecule has 0 aliphatic carbocycles. The highest BCUT2D eigenvalue weighted by Gasteiger charge is 2.31. The maximum atomic E-state index is 12.7. The van der Waals surface area contributed by atoms with Crippen molar-refractivity contribution in [2.24, 2.45) is 4.99 Å². The molecule has 0 amide bonds. The first-order chi connectivity index (χ1) is 9.79. The van der Waals surface area contributed by atoms with Crippen LogP contribution in [0, 0.1) is 0 Å². The summed E-state index contributed by atoms with van der Waals surface area (Å²) in [5.74, 6) is 0.591. The summed E-state index contributed by atoms with van der Waals surface area (Å²) in [6.45, 7) is 6.40. The number of aliphatic hydroxyl groups is 1. The molecule has 1 rings (SSSR count). The molecule has 0 atom stereocenters. The summed E-state index contributed by atoms with van der Waals surface area (Å²) in [7, 11) is 0. The highest BCUT2D eigenvalue weighted by Crippen LogP contribution is 2.25. The third-order valence-electron chi connectivity index (χ3n) is 3.64. The lowest BCUT2D eigenvalue weighted by atomic mass is 10.1. The normalized spacial score (nSPS) is 20.1. The molecule has 1 N–H and O–H groups in total. The van der Waals surface area contributed by atoms with Gasteiger partial charge >= 0.3 is 6.18 Å². The van der Waals surface area contributed by atoms with Crippen molar-refractivity contribution in [3.63, 3.8) is 0 Å². The van der Waals surface area contributed by atoms with Gasteiger partial charge in [0.15, 0.2) is 0 Å². The fraction of sp³-hybridized carbons (Fsp3) is 0.667. The van der Waals surface area contributed by atoms with Crippen LogP contribution in [0.25, 0.3) is 0 Å². The number of nitrogens with zero attached hydrogens (tertiary/aromatic N) is 2. The van der Waals surface area contributed by atoms with Crippen molar-refractivity contribution >= 4 is 6.21 Å². The van der Waals surface area contributed by atoms with Gasteiger partial charge in [-0.2, -0.15) is 13.2 Å². The average molecular weight is 304 g/mol. The van der Waals surface area contributed by atoms with E-state index < -0.39 is 11.7 Å². The predicted molar refractivity (Wildman–Crippen MR) is 78.1 cm³/mol. The second-order valence-electron chi connectivity index (χ2n) is 5.18. The lowest BCUT2D eigenvalue weighted by Crippen LogP contribution is -2.35. The number of aliphatic imine (C=N–C) groups is 1. The Kier molecular flexibility index (Phi) is 6.45. The summed E-state index contributed by atoms with van der Waals surface area (Å²) in [6.07, 6.45) is -0.848. The summed E-state index contributed by atoms with van der Waals surface area (Å²) < 4.78 is 38.2. The first-order valence-corrected chi connectivity index (χ1v) is 7.19. The summed E-state index contributed by atoms with van der Waals surface area (Å²) in [5, 5.41) is 9.53. The van der Waals surface area contributed by atoms with Crippen LogP contribution in [0.15, 0.2) is 28.0 Å². The number of hydrogen-bond donors (Lipinski definition) is 1. The lowest BCUT2D eigenvalue weighted by molar-refractivity contribution is -0.0857. The van der Waals surface area contributed by atoms with E-state index in [-0.39, 0.29) is 6.10 Å². The topological polar surface area (TPSA) is 35.8 Å². The molecule has 3 nitrogen and oxygen atoms in total. The molecule has 1 fully saturated rings. The maximum Gasteiger partial charge on any atom is 0.417 e. The Labute approximate surface area is 123 Å². The van der Waals surface area contributed by atoms with Crippen molar-refractivity contribution in [3.8, 4) is 0 Å². The minimum atomic E-state index is -4.39. The van der Waals surface area contributed by atoms with E-state index in [0.717, 1.165) is 24.3 Å². The van der Waals surface area contributed by atoms with Crippen molar-refractivity contribution in [1.82, 2.24) is 4.90 Å². The molecule has 21 heavy (non-hydrogen) atoms. The largest absolute Gasteiger partial charge is 0.417 e. The molecule has 0 aromatic heterocycles. The van der Waals surface area contributed by atoms with E-state index in [2.05, 4.69) is 4.99 Å². The number of hydrogen-bond acceptors (Lipinski definition) is 3. The first kappa shape index (κ1) is 17.8. The van der Waals surface area contributed by atoms with Gasteiger partial charge in [0.05, 0.1) is 11.7 Å². The number of piperidine rings is 1. The Morgan fingerprint density at radius 1 is 1.33 bits per heavy atom. The minimum Gasteiger partial charge on any atom is -0.393 e. The molecule has 0 spiro atoms. The van der Waals surface area contributed by atoms with E-state index in [4.69, 9.17) is 0 Å². The van der Waals surface area contributed by atoms with E-state index in [1.807, 2.05) is 18.7 Å². The molecule has 0 aromatic rings. The molecular weight excluding hydrogens is 281 g/mol. The number of rotatable bonds is 4. The Balaban J connectivity index is 2.96. The number of allylic oxidation sites excluding steroid dienone is 3. The molecule has 0 saturated carbocycles. The minimum absolute atomic E-state index is 0.324. The third-order valence-corrected chi connectivity index (χ3v) is 3.64. The van der Waals surface area contributed by atoms with Gasteiger partial charge in [-0.15, -0.1) is 0 Å². The second kappa shape index (κ2) is 7.64. The van der Waals surface area contributed by atoms with Crippen LogP contribution in [-0.4, -0.2) is 41.6 Å². The van der Waals surface area contributed by atoms with Crippen LogP contribution in [0.3, 0.4) is 0 Å². The zero-order valence-corrected chi connectivity index (χ0v) is 12.7. The van der Waals surface area contributed by atoms with E-state index >= 15 is 0 Å². The van der Waals surface area contributed by atoms with E-state index in [9.17, 15) is 18.3 Å². The molecule has 1 aliphatic rings. The van der Waals surface area contributed by atoms with Crippen LogP contribution >= 0.6 is 0 Å². The first-order valence-electron chi connectivity index (χ1n) is 7.19. The van der Waals surface area contributed by atoms with Gasteiger partial charge in [-0.3, -0.25) is 0 Å². The van der Waals surface area contributed by atoms with Gasteiger partial charge in [0, 0.05) is 19.3 Å². The molecule has 0 aromatic carbocycles. The second-order valence-corrected chi connectivity index (χ2v) is 5.18. The van der Waals surface area contributed by atoms with Gasteiger partial charge in [0.1, 0.15) is 5.82 Å². The Hall–Kier alpha value is -1.30. The van der Waals surface area contributed by atoms with Gasteiger partial charge in [-0.05, 0) is 38.7 Å². The molecule has 120 valence electrons. The quantitative estimate of drug-likeness (QED) is 0.805. The highest BCUT2D eigenvalue weighted by molar-refractivity contribution is 5.80. The van der Waals surface area contributed by atoms with Crippen LogP contribution in [0.5, 0.6) is 0 Å². The zero-order chi connectivity index (χ0) is 16.0. The van der Waals surface area contributed by atoms with Crippen molar-refractivity contribution in [2.75, 3.05) is 13.1 Å². The fourth-order valence-corrected chi connectivity index (χ4v) is 2.14. The Bertz CT molecular complexity index is 431. The Morgan fingerprint density at radius 3 is 2.33 bits per heavy atom. The van der Waals surface area contributed by atoms with Crippen LogP contribution in [0.4, 0.5) is 13.2 Å². The molecular formula is C15H23F3N2O. The number of alkyl halides is 3. The summed E-state index contributed by atoms with van der Waals surface area (Å²) in [4.78, 5) is 6.04. The number of halogens is 3. The monoisotopic (exact) mass is 304 g/mol. The third kappa shape index (κ3) is 5.19. The highest BCUT2D eigenvalue weighted by atomic mass is 19.4. The van der Waals surface area contributed by atoms with Crippen LogP contribution < -0.4 is 0 Å². The van der Waals surface area contributed by atoms with E-state index in [1.54, 1.807) is 0 Å². The molecule has 6 heteroatoms. The smallest absolute Gasteiger partial charge is 0.393 e. The van der Waals surface area contributed by atoms with Gasteiger partial charge < -0.3 is 10.0 Å². The van der Waals surface area contributed by atoms with Crippen LogP contribution in [-0.2, 0) is 0 Å². The summed E-state index contributed by atoms with van der Waals surface area (Å²) in [6, 6.07) is 0. The lowest BCUT2D eigenvalue weighted by Gasteiger charge is -2.32. The van der Waals surface area contributed by atoms with E-state index in [1.165, 1.54) is 6.92 Å². The van der Waals surface area contributed by atoms with Crippen molar-refractivity contribution in [2.45, 2.75) is 52.3 Å². The molecule has 1 aliphatic heterocycles. The molecule has 0 radical (unpaired) electrons. The van der Waals surface area contributed by atoms with Crippen LogP contribution in [0.1, 0.15) is 40.0 Å². The van der Waals surface area contributed by atoms with Crippen molar-refractivity contribution in [1.29, 1.82) is 0 Å². The Morgan fingerprint density at radius 2 is 1.90 bits per heavy atom. The van der Waals surface area contributed by atoms with Gasteiger partial charge in [0.25, 0.3) is 0 Å². The van der Waals surface area contributed by atoms with Crippen LogP contribution in [0.2, 0.25) is 0 Å². The number of likely N-dealkylation sites (tertiary alicyclic amines) is 1. The average Bonchev–Trinajstić information content (AvgIpc) is 2.43. The standard InChI is InChI=1S/C15H23F3N2O/c1-4-11(3)14(20-8-6-13(21)7-9-20)19-10-12(5-2)15(16,17)18/h5,10,13,21H,4,6-9H2,1-3H3/b12-5+,14-11?,19-10-. The SMILES string of the molecule is C/C=C(\C=N/C(=C(C)CC)N1CCC(O)CC1)C(F)(F)F. The predicted octanol–water partition coefficient (Wildman–Crippen LogP) is 3.66. The summed E-state index contributed by atoms with van der Waals surface area (Å²) >= 11 is 0. The zero-order valence-electron chi connectivity index (χ0n) is 12.7. The molecule has 1 heterocycles. The molecule has 1 saturated heterocycles. The van der Waals surface area contributed by atoms with Crippen molar-refractivity contribution < 1.29 is 18.3 Å². The van der Waals surface area contributed by atoms with E-state index in [0.29, 0.717) is 31.8 Å². The maximum absolute atomic E-state index is 12.7. The number of aliphatic hydroxyl groups excluding tert-OH is 1. The van der Waals surface area contributed by atoms with Crippen molar-refractivity contribution in [3.05, 3.63) is 23.0 Å².